The van der Waals surface area contributed by atoms with Crippen molar-refractivity contribution in [1.29, 1.82) is 0 Å². The Labute approximate surface area is 252 Å². The first-order valence-corrected chi connectivity index (χ1v) is 14.6. The van der Waals surface area contributed by atoms with E-state index in [1.165, 1.54) is 16.3 Å². The summed E-state index contributed by atoms with van der Waals surface area (Å²) < 4.78 is 22.9. The zero-order valence-corrected chi connectivity index (χ0v) is 23.3. The third-order valence-corrected chi connectivity index (χ3v) is 8.70. The summed E-state index contributed by atoms with van der Waals surface area (Å²) in [5.74, 6) is 0. The minimum absolute atomic E-state index is 0.389. The molecule has 0 saturated carbocycles. The van der Waals surface area contributed by atoms with E-state index in [9.17, 15) is 0 Å². The summed E-state index contributed by atoms with van der Waals surface area (Å²) >= 11 is 0. The first kappa shape index (κ1) is 22.0. The average molecular weight is 549 g/mol. The Morgan fingerprint density at radius 3 is 1.70 bits per heavy atom. The van der Waals surface area contributed by atoms with E-state index in [-0.39, 0.29) is 0 Å². The second-order valence-corrected chi connectivity index (χ2v) is 11.1. The molecule has 9 rings (SSSR count). The van der Waals surface area contributed by atoms with Crippen LogP contribution in [-0.2, 0) is 0 Å². The van der Waals surface area contributed by atoms with Gasteiger partial charge in [0.1, 0.15) is 11.2 Å². The van der Waals surface area contributed by atoms with Crippen LogP contribution in [0.5, 0.6) is 0 Å². The summed E-state index contributed by atoms with van der Waals surface area (Å²) in [6.07, 6.45) is 0. The second-order valence-electron chi connectivity index (χ2n) is 11.1. The molecule has 200 valence electrons. The molecular formula is C42H26O. The highest BCUT2D eigenvalue weighted by Gasteiger charge is 2.17. The Morgan fingerprint density at radius 2 is 0.977 bits per heavy atom. The van der Waals surface area contributed by atoms with Gasteiger partial charge in [-0.1, -0.05) is 133 Å². The van der Waals surface area contributed by atoms with Gasteiger partial charge in [0, 0.05) is 10.8 Å². The molecule has 9 aromatic rings. The van der Waals surface area contributed by atoms with Gasteiger partial charge in [0.05, 0.1) is 2.74 Å². The molecule has 0 aliphatic carbocycles. The molecule has 0 N–H and O–H groups in total. The number of hydrogen-bond acceptors (Lipinski definition) is 1. The molecule has 1 aromatic heterocycles. The maximum absolute atomic E-state index is 8.92. The van der Waals surface area contributed by atoms with Gasteiger partial charge in [0.25, 0.3) is 0 Å². The van der Waals surface area contributed by atoms with Crippen molar-refractivity contribution in [3.05, 3.63) is 158 Å². The van der Waals surface area contributed by atoms with E-state index in [4.69, 9.17) is 7.16 Å². The molecule has 0 atom stereocenters. The largest absolute Gasteiger partial charge is 0.456 e. The molecule has 0 fully saturated rings. The quantitative estimate of drug-likeness (QED) is 0.200. The van der Waals surface area contributed by atoms with Crippen molar-refractivity contribution in [2.75, 3.05) is 0 Å². The third-order valence-electron chi connectivity index (χ3n) is 8.70. The van der Waals surface area contributed by atoms with E-state index in [1.54, 1.807) is 0 Å². The van der Waals surface area contributed by atoms with Gasteiger partial charge in [-0.25, -0.2) is 0 Å². The lowest BCUT2D eigenvalue weighted by molar-refractivity contribution is 0.669. The topological polar surface area (TPSA) is 13.1 Å². The first-order chi connectivity index (χ1) is 22.1. The summed E-state index contributed by atoms with van der Waals surface area (Å²) in [5.41, 5.74) is 8.26. The average Bonchev–Trinajstić information content (AvgIpc) is 3.46. The molecule has 0 unspecified atom stereocenters. The minimum Gasteiger partial charge on any atom is -0.456 e. The zero-order chi connectivity index (χ0) is 30.1. The molecule has 0 saturated heterocycles. The summed E-state index contributed by atoms with van der Waals surface area (Å²) in [7, 11) is 0. The number of fused-ring (bicyclic) bond motifs is 6. The highest BCUT2D eigenvalue weighted by Crippen LogP contribution is 2.45. The maximum Gasteiger partial charge on any atom is 0.135 e. The van der Waals surface area contributed by atoms with Crippen LogP contribution in [0.3, 0.4) is 0 Å². The van der Waals surface area contributed by atoms with Crippen LogP contribution in [0, 0.1) is 0 Å². The van der Waals surface area contributed by atoms with Crippen LogP contribution in [0.4, 0.5) is 0 Å². The Morgan fingerprint density at radius 1 is 0.372 bits per heavy atom. The summed E-state index contributed by atoms with van der Waals surface area (Å²) in [5, 5.41) is 8.89. The predicted octanol–water partition coefficient (Wildman–Crippen LogP) is 12.0. The lowest BCUT2D eigenvalue weighted by Crippen LogP contribution is -1.91. The standard InChI is InChI=1S/C42H26O/c1-2-10-30-25-31(22-19-27(30)9-1)28-17-20-29(21-18-28)41-34-12-3-5-14-36(34)42(37-15-6-4-13-35(37)41)32-23-24-40-38(26-32)33-11-7-8-16-39(33)43-40/h1-26H/i1D,24D. The van der Waals surface area contributed by atoms with Crippen LogP contribution in [0.1, 0.15) is 2.74 Å². The molecule has 1 nitrogen and oxygen atoms in total. The fourth-order valence-electron chi connectivity index (χ4n) is 6.69. The molecule has 0 bridgehead atoms. The van der Waals surface area contributed by atoms with E-state index in [0.717, 1.165) is 65.7 Å². The number of para-hydroxylation sites is 1. The van der Waals surface area contributed by atoms with Gasteiger partial charge in [-0.15, -0.1) is 0 Å². The van der Waals surface area contributed by atoms with Crippen LogP contribution in [0.25, 0.3) is 87.6 Å². The summed E-state index contributed by atoms with van der Waals surface area (Å²) in [4.78, 5) is 0. The molecule has 43 heavy (non-hydrogen) atoms. The van der Waals surface area contributed by atoms with Gasteiger partial charge in [-0.3, -0.25) is 0 Å². The van der Waals surface area contributed by atoms with Crippen molar-refractivity contribution in [3.8, 4) is 33.4 Å². The van der Waals surface area contributed by atoms with Gasteiger partial charge >= 0.3 is 0 Å². The Bertz CT molecular complexity index is 2550. The summed E-state index contributed by atoms with van der Waals surface area (Å²) in [6.45, 7) is 0. The molecule has 0 amide bonds. The number of furan rings is 1. The van der Waals surface area contributed by atoms with Gasteiger partial charge in [-0.05, 0) is 89.9 Å². The lowest BCUT2D eigenvalue weighted by Gasteiger charge is -2.18. The lowest BCUT2D eigenvalue weighted by atomic mass is 9.85. The van der Waals surface area contributed by atoms with E-state index in [1.807, 2.05) is 42.5 Å². The predicted molar refractivity (Wildman–Crippen MR) is 183 cm³/mol. The van der Waals surface area contributed by atoms with Crippen molar-refractivity contribution in [1.82, 2.24) is 0 Å². The van der Waals surface area contributed by atoms with Gasteiger partial charge in [-0.2, -0.15) is 0 Å². The number of benzene rings is 8. The second kappa shape index (κ2) is 9.44. The van der Waals surface area contributed by atoms with Crippen LogP contribution in [-0.4, -0.2) is 0 Å². The number of rotatable bonds is 3. The van der Waals surface area contributed by atoms with Crippen LogP contribution < -0.4 is 0 Å². The van der Waals surface area contributed by atoms with Crippen LogP contribution >= 0.6 is 0 Å². The Balaban J connectivity index is 1.25. The molecule has 0 spiro atoms. The highest BCUT2D eigenvalue weighted by molar-refractivity contribution is 6.22. The van der Waals surface area contributed by atoms with Crippen molar-refractivity contribution in [2.45, 2.75) is 0 Å². The molecule has 1 heteroatoms. The van der Waals surface area contributed by atoms with Gasteiger partial charge in [0.2, 0.25) is 0 Å². The van der Waals surface area contributed by atoms with Gasteiger partial charge < -0.3 is 4.42 Å². The van der Waals surface area contributed by atoms with Gasteiger partial charge in [0.15, 0.2) is 0 Å². The molecule has 0 aliphatic rings. The smallest absolute Gasteiger partial charge is 0.135 e. The maximum atomic E-state index is 8.92. The van der Waals surface area contributed by atoms with Crippen molar-refractivity contribution in [3.63, 3.8) is 0 Å². The third kappa shape index (κ3) is 3.79. The normalized spacial score (nSPS) is 12.4. The summed E-state index contributed by atoms with van der Waals surface area (Å²) in [6, 6.07) is 51.4. The zero-order valence-electron chi connectivity index (χ0n) is 25.3. The Kier molecular flexibility index (Phi) is 4.83. The van der Waals surface area contributed by atoms with Crippen molar-refractivity contribution < 1.29 is 7.16 Å². The molecule has 0 radical (unpaired) electrons. The Hall–Kier alpha value is -5.66. The highest BCUT2D eigenvalue weighted by atomic mass is 16.3. The fourth-order valence-corrected chi connectivity index (χ4v) is 6.69. The first-order valence-electron chi connectivity index (χ1n) is 15.6. The molecule has 1 heterocycles. The van der Waals surface area contributed by atoms with Crippen LogP contribution in [0.2, 0.25) is 0 Å². The molecular weight excluding hydrogens is 520 g/mol. The van der Waals surface area contributed by atoms with E-state index in [2.05, 4.69) is 103 Å². The monoisotopic (exact) mass is 548 g/mol. The van der Waals surface area contributed by atoms with Crippen molar-refractivity contribution in [2.24, 2.45) is 0 Å². The van der Waals surface area contributed by atoms with Crippen molar-refractivity contribution >= 4 is 54.3 Å². The molecule has 8 aromatic carbocycles. The minimum atomic E-state index is 0.389. The van der Waals surface area contributed by atoms with E-state index in [0.29, 0.717) is 17.7 Å². The van der Waals surface area contributed by atoms with E-state index >= 15 is 0 Å². The fraction of sp³-hybridized carbons (Fsp3) is 0. The molecule has 0 aliphatic heterocycles. The SMILES string of the molecule is [2H]c1ccc2cc(-c3ccc(-c4c5ccccc5c(-c5cc([2H])c6oc7ccccc7c6c5)c5ccccc45)cc3)ccc2c1. The number of hydrogen-bond donors (Lipinski definition) is 0. The van der Waals surface area contributed by atoms with E-state index < -0.39 is 0 Å². The van der Waals surface area contributed by atoms with Crippen LogP contribution in [0.15, 0.2) is 162 Å².